The zero-order chi connectivity index (χ0) is 14.7. The largest absolute Gasteiger partial charge is 0.399 e. The van der Waals surface area contributed by atoms with Crippen molar-refractivity contribution in [2.45, 2.75) is 13.8 Å². The molecule has 0 radical (unpaired) electrons. The number of carbonyl (C=O) groups excluding carboxylic acids is 1. The maximum absolute atomic E-state index is 12.7. The Balaban J connectivity index is 2.42. The fourth-order valence-electron chi connectivity index (χ4n) is 2.14. The molecule has 0 bridgehead atoms. The minimum absolute atomic E-state index is 0.119. The molecule has 0 unspecified atom stereocenters. The second kappa shape index (κ2) is 5.97. The summed E-state index contributed by atoms with van der Waals surface area (Å²) in [5.41, 5.74) is 8.62. The molecule has 2 N–H and O–H groups in total. The Labute approximate surface area is 124 Å². The monoisotopic (exact) mass is 288 g/mol. The lowest BCUT2D eigenvalue weighted by molar-refractivity contribution is 0.0988. The van der Waals surface area contributed by atoms with Crippen molar-refractivity contribution in [2.75, 3.05) is 17.2 Å². The second-order valence-corrected chi connectivity index (χ2v) is 4.98. The van der Waals surface area contributed by atoms with Gasteiger partial charge in [-0.2, -0.15) is 0 Å². The number of hydrogen-bond donors (Lipinski definition) is 1. The number of halogens is 1. The number of nitrogens with zero attached hydrogens (tertiary/aromatic N) is 1. The van der Waals surface area contributed by atoms with Gasteiger partial charge in [-0.15, -0.1) is 0 Å². The lowest BCUT2D eigenvalue weighted by Gasteiger charge is -2.23. The van der Waals surface area contributed by atoms with Gasteiger partial charge in [-0.25, -0.2) is 0 Å². The molecule has 0 fully saturated rings. The Morgan fingerprint density at radius 1 is 1.25 bits per heavy atom. The summed E-state index contributed by atoms with van der Waals surface area (Å²) >= 11 is 6.13. The summed E-state index contributed by atoms with van der Waals surface area (Å²) < 4.78 is 0. The van der Waals surface area contributed by atoms with E-state index in [2.05, 4.69) is 0 Å². The first-order valence-electron chi connectivity index (χ1n) is 6.47. The first-order valence-corrected chi connectivity index (χ1v) is 6.85. The van der Waals surface area contributed by atoms with Gasteiger partial charge in [0.25, 0.3) is 5.91 Å². The Kier molecular flexibility index (Phi) is 4.30. The van der Waals surface area contributed by atoms with Crippen molar-refractivity contribution in [2.24, 2.45) is 0 Å². The van der Waals surface area contributed by atoms with Crippen LogP contribution in [0.15, 0.2) is 42.5 Å². The molecule has 0 aliphatic carbocycles. The highest BCUT2D eigenvalue weighted by Gasteiger charge is 2.19. The smallest absolute Gasteiger partial charge is 0.259 e. The Morgan fingerprint density at radius 3 is 2.55 bits per heavy atom. The van der Waals surface area contributed by atoms with Crippen LogP contribution in [0.25, 0.3) is 0 Å². The van der Waals surface area contributed by atoms with E-state index in [1.54, 1.807) is 23.1 Å². The van der Waals surface area contributed by atoms with E-state index in [0.717, 1.165) is 11.3 Å². The van der Waals surface area contributed by atoms with E-state index >= 15 is 0 Å². The van der Waals surface area contributed by atoms with Gasteiger partial charge in [0.1, 0.15) is 0 Å². The number of amides is 1. The molecule has 0 aliphatic rings. The molecule has 4 heteroatoms. The predicted molar refractivity (Wildman–Crippen MR) is 84.4 cm³/mol. The molecule has 20 heavy (non-hydrogen) atoms. The standard InChI is InChI=1S/C16H17ClN2O/c1-3-19(15-7-5-4-6-11(15)2)16(20)13-9-8-12(18)10-14(13)17/h4-10H,3,18H2,1-2H3. The van der Waals surface area contributed by atoms with Crippen LogP contribution in [-0.4, -0.2) is 12.5 Å². The summed E-state index contributed by atoms with van der Waals surface area (Å²) in [5, 5.41) is 0.377. The topological polar surface area (TPSA) is 46.3 Å². The molecule has 2 rings (SSSR count). The molecular weight excluding hydrogens is 272 g/mol. The zero-order valence-corrected chi connectivity index (χ0v) is 12.3. The minimum Gasteiger partial charge on any atom is -0.399 e. The number of nitrogens with two attached hydrogens (primary N) is 1. The van der Waals surface area contributed by atoms with E-state index in [-0.39, 0.29) is 5.91 Å². The molecule has 2 aromatic rings. The molecule has 0 aromatic heterocycles. The van der Waals surface area contributed by atoms with E-state index in [1.165, 1.54) is 0 Å². The Hall–Kier alpha value is -2.00. The first-order chi connectivity index (χ1) is 9.54. The van der Waals surface area contributed by atoms with Gasteiger partial charge in [-0.1, -0.05) is 29.8 Å². The molecule has 2 aromatic carbocycles. The average Bonchev–Trinajstić information content (AvgIpc) is 2.41. The number of nitrogen functional groups attached to an aromatic ring is 1. The van der Waals surface area contributed by atoms with Gasteiger partial charge in [0, 0.05) is 17.9 Å². The molecule has 0 heterocycles. The highest BCUT2D eigenvalue weighted by atomic mass is 35.5. The van der Waals surface area contributed by atoms with Crippen molar-refractivity contribution in [3.05, 3.63) is 58.6 Å². The molecule has 0 spiro atoms. The van der Waals surface area contributed by atoms with E-state index < -0.39 is 0 Å². The van der Waals surface area contributed by atoms with Crippen LogP contribution >= 0.6 is 11.6 Å². The van der Waals surface area contributed by atoms with Gasteiger partial charge in [0.05, 0.1) is 10.6 Å². The fourth-order valence-corrected chi connectivity index (χ4v) is 2.41. The lowest BCUT2D eigenvalue weighted by atomic mass is 10.1. The summed E-state index contributed by atoms with van der Waals surface area (Å²) in [6, 6.07) is 12.7. The van der Waals surface area contributed by atoms with Gasteiger partial charge in [0.15, 0.2) is 0 Å². The number of aryl methyl sites for hydroxylation is 1. The van der Waals surface area contributed by atoms with Gasteiger partial charge in [0.2, 0.25) is 0 Å². The number of rotatable bonds is 3. The van der Waals surface area contributed by atoms with Crippen LogP contribution in [0.3, 0.4) is 0 Å². The van der Waals surface area contributed by atoms with Gasteiger partial charge < -0.3 is 10.6 Å². The van der Waals surface area contributed by atoms with Gasteiger partial charge in [-0.05, 0) is 43.7 Å². The van der Waals surface area contributed by atoms with Crippen LogP contribution in [0, 0.1) is 6.92 Å². The second-order valence-electron chi connectivity index (χ2n) is 4.58. The molecule has 0 saturated heterocycles. The van der Waals surface area contributed by atoms with Gasteiger partial charge >= 0.3 is 0 Å². The third-order valence-electron chi connectivity index (χ3n) is 3.19. The average molecular weight is 289 g/mol. The van der Waals surface area contributed by atoms with Crippen molar-refractivity contribution in [3.63, 3.8) is 0 Å². The number of benzene rings is 2. The van der Waals surface area contributed by atoms with Crippen LogP contribution in [0.2, 0.25) is 5.02 Å². The van der Waals surface area contributed by atoms with Crippen molar-refractivity contribution in [1.29, 1.82) is 0 Å². The summed E-state index contributed by atoms with van der Waals surface area (Å²) in [5.74, 6) is -0.119. The van der Waals surface area contributed by atoms with Crippen LogP contribution in [0.5, 0.6) is 0 Å². The predicted octanol–water partition coefficient (Wildman–Crippen LogP) is 3.90. The summed E-state index contributed by atoms with van der Waals surface area (Å²) in [7, 11) is 0. The van der Waals surface area contributed by atoms with Crippen molar-refractivity contribution in [3.8, 4) is 0 Å². The number of hydrogen-bond acceptors (Lipinski definition) is 2. The highest BCUT2D eigenvalue weighted by molar-refractivity contribution is 6.34. The van der Waals surface area contributed by atoms with Crippen LogP contribution in [-0.2, 0) is 0 Å². The maximum Gasteiger partial charge on any atom is 0.259 e. The van der Waals surface area contributed by atoms with E-state index in [0.29, 0.717) is 22.8 Å². The number of carbonyl (C=O) groups is 1. The molecule has 104 valence electrons. The highest BCUT2D eigenvalue weighted by Crippen LogP contribution is 2.25. The summed E-state index contributed by atoms with van der Waals surface area (Å²) in [4.78, 5) is 14.4. The first kappa shape index (κ1) is 14.4. The molecule has 3 nitrogen and oxygen atoms in total. The fraction of sp³-hybridized carbons (Fsp3) is 0.188. The minimum atomic E-state index is -0.119. The molecule has 0 saturated carbocycles. The molecule has 1 amide bonds. The summed E-state index contributed by atoms with van der Waals surface area (Å²) in [6.45, 7) is 4.50. The van der Waals surface area contributed by atoms with E-state index in [4.69, 9.17) is 17.3 Å². The maximum atomic E-state index is 12.7. The molecule has 0 aliphatic heterocycles. The van der Waals surface area contributed by atoms with Crippen LogP contribution < -0.4 is 10.6 Å². The van der Waals surface area contributed by atoms with Crippen LogP contribution in [0.4, 0.5) is 11.4 Å². The van der Waals surface area contributed by atoms with E-state index in [9.17, 15) is 4.79 Å². The SMILES string of the molecule is CCN(C(=O)c1ccc(N)cc1Cl)c1ccccc1C. The zero-order valence-electron chi connectivity index (χ0n) is 11.6. The Morgan fingerprint density at radius 2 is 1.95 bits per heavy atom. The van der Waals surface area contributed by atoms with Crippen LogP contribution in [0.1, 0.15) is 22.8 Å². The third kappa shape index (κ3) is 2.78. The van der Waals surface area contributed by atoms with Crippen molar-refractivity contribution in [1.82, 2.24) is 0 Å². The van der Waals surface area contributed by atoms with Crippen molar-refractivity contribution >= 4 is 28.9 Å². The van der Waals surface area contributed by atoms with E-state index in [1.807, 2.05) is 38.1 Å². The molecular formula is C16H17ClN2O. The molecule has 0 atom stereocenters. The van der Waals surface area contributed by atoms with Crippen molar-refractivity contribution < 1.29 is 4.79 Å². The number of anilines is 2. The lowest BCUT2D eigenvalue weighted by Crippen LogP contribution is -2.31. The normalized spacial score (nSPS) is 10.3. The third-order valence-corrected chi connectivity index (χ3v) is 3.50. The summed E-state index contributed by atoms with van der Waals surface area (Å²) in [6.07, 6.45) is 0. The Bertz CT molecular complexity index is 640. The van der Waals surface area contributed by atoms with Gasteiger partial charge in [-0.3, -0.25) is 4.79 Å². The number of para-hydroxylation sites is 1. The quantitative estimate of drug-likeness (QED) is 0.871.